The minimum Gasteiger partial charge on any atom is -0.444 e. The zero-order chi connectivity index (χ0) is 18.3. The number of hydrogen-bond donors (Lipinski definition) is 0. The molecule has 0 aliphatic heterocycles. The highest BCUT2D eigenvalue weighted by Crippen LogP contribution is 2.25. The number of nitrogens with zero attached hydrogens (tertiary/aromatic N) is 1. The average molecular weight is 337 g/mol. The van der Waals surface area contributed by atoms with E-state index in [2.05, 4.69) is 24.3 Å². The molecule has 0 fully saturated rings. The van der Waals surface area contributed by atoms with E-state index in [-0.39, 0.29) is 12.1 Å². The van der Waals surface area contributed by atoms with Gasteiger partial charge in [0.25, 0.3) is 0 Å². The highest BCUT2D eigenvalue weighted by atomic mass is 16.6. The first-order chi connectivity index (χ1) is 11.9. The highest BCUT2D eigenvalue weighted by Gasteiger charge is 2.25. The van der Waals surface area contributed by atoms with Crippen molar-refractivity contribution >= 4 is 12.2 Å². The predicted molar refractivity (Wildman–Crippen MR) is 103 cm³/mol. The normalized spacial score (nSPS) is 12.8. The molecule has 2 rings (SSSR count). The summed E-state index contributed by atoms with van der Waals surface area (Å²) in [5.41, 5.74) is 1.73. The number of carbonyl (C=O) groups excluding carboxylic acids is 1. The molecule has 0 aromatic heterocycles. The maximum atomic E-state index is 12.5. The number of benzene rings is 2. The van der Waals surface area contributed by atoms with Crippen molar-refractivity contribution in [3.8, 4) is 0 Å². The first kappa shape index (κ1) is 18.8. The van der Waals surface area contributed by atoms with Gasteiger partial charge in [-0.05, 0) is 38.3 Å². The SMILES string of the molecule is CN(C(=O)OC(C)(C)C)[C@H](C/C=C/c1ccccc1)c1ccccc1. The van der Waals surface area contributed by atoms with Gasteiger partial charge in [-0.25, -0.2) is 4.79 Å². The molecule has 1 atom stereocenters. The Morgan fingerprint density at radius 1 is 1.04 bits per heavy atom. The van der Waals surface area contributed by atoms with Crippen LogP contribution in [0, 0.1) is 0 Å². The predicted octanol–water partition coefficient (Wildman–Crippen LogP) is 5.70. The van der Waals surface area contributed by atoms with Crippen LogP contribution in [0.2, 0.25) is 0 Å². The van der Waals surface area contributed by atoms with Crippen LogP contribution in [0.1, 0.15) is 44.4 Å². The Morgan fingerprint density at radius 3 is 2.16 bits per heavy atom. The number of rotatable bonds is 5. The summed E-state index contributed by atoms with van der Waals surface area (Å²) in [6, 6.07) is 20.1. The van der Waals surface area contributed by atoms with Gasteiger partial charge in [-0.1, -0.05) is 72.8 Å². The summed E-state index contributed by atoms with van der Waals surface area (Å²) in [6.07, 6.45) is 4.59. The molecule has 3 nitrogen and oxygen atoms in total. The van der Waals surface area contributed by atoms with Gasteiger partial charge in [0.15, 0.2) is 0 Å². The van der Waals surface area contributed by atoms with Crippen LogP contribution < -0.4 is 0 Å². The van der Waals surface area contributed by atoms with Gasteiger partial charge in [0, 0.05) is 7.05 Å². The molecule has 3 heteroatoms. The van der Waals surface area contributed by atoms with E-state index in [0.717, 1.165) is 11.1 Å². The standard InChI is InChI=1S/C22H27NO2/c1-22(2,3)25-21(24)23(4)20(19-15-9-6-10-16-19)17-11-14-18-12-7-5-8-13-18/h5-16,20H,17H2,1-4H3/b14-11+/t20-/m1/s1. The van der Waals surface area contributed by atoms with Crippen molar-refractivity contribution in [3.05, 3.63) is 77.9 Å². The van der Waals surface area contributed by atoms with Crippen LogP contribution >= 0.6 is 0 Å². The molecule has 132 valence electrons. The molecule has 0 spiro atoms. The van der Waals surface area contributed by atoms with Gasteiger partial charge in [-0.15, -0.1) is 0 Å². The van der Waals surface area contributed by atoms with Gasteiger partial charge in [0.05, 0.1) is 6.04 Å². The van der Waals surface area contributed by atoms with E-state index >= 15 is 0 Å². The lowest BCUT2D eigenvalue weighted by Gasteiger charge is -2.30. The third kappa shape index (κ3) is 6.11. The Bertz CT molecular complexity index is 687. The van der Waals surface area contributed by atoms with E-state index in [9.17, 15) is 4.79 Å². The maximum absolute atomic E-state index is 12.5. The lowest BCUT2D eigenvalue weighted by atomic mass is 10.0. The second-order valence-electron chi connectivity index (χ2n) is 7.07. The van der Waals surface area contributed by atoms with Crippen LogP contribution in [0.5, 0.6) is 0 Å². The third-order valence-corrected chi connectivity index (χ3v) is 3.80. The molecule has 25 heavy (non-hydrogen) atoms. The molecular weight excluding hydrogens is 310 g/mol. The third-order valence-electron chi connectivity index (χ3n) is 3.80. The van der Waals surface area contributed by atoms with Crippen LogP contribution in [0.3, 0.4) is 0 Å². The molecule has 0 N–H and O–H groups in total. The number of carbonyl (C=O) groups is 1. The molecule has 0 unspecified atom stereocenters. The smallest absolute Gasteiger partial charge is 0.410 e. The maximum Gasteiger partial charge on any atom is 0.410 e. The van der Waals surface area contributed by atoms with Crippen molar-refractivity contribution in [1.29, 1.82) is 0 Å². The monoisotopic (exact) mass is 337 g/mol. The summed E-state index contributed by atoms with van der Waals surface area (Å²) in [6.45, 7) is 5.64. The van der Waals surface area contributed by atoms with Gasteiger partial charge in [0.2, 0.25) is 0 Å². The number of ether oxygens (including phenoxy) is 1. The Labute approximate surface area is 150 Å². The summed E-state index contributed by atoms with van der Waals surface area (Å²) in [5.74, 6) is 0. The van der Waals surface area contributed by atoms with E-state index in [1.165, 1.54) is 0 Å². The van der Waals surface area contributed by atoms with Gasteiger partial charge in [0.1, 0.15) is 5.60 Å². The minimum absolute atomic E-state index is 0.0731. The number of hydrogen-bond acceptors (Lipinski definition) is 2. The Kier molecular flexibility index (Phi) is 6.40. The van der Waals surface area contributed by atoms with Crippen LogP contribution in [0.15, 0.2) is 66.7 Å². The molecule has 2 aromatic rings. The van der Waals surface area contributed by atoms with Gasteiger partial charge in [-0.3, -0.25) is 0 Å². The lowest BCUT2D eigenvalue weighted by molar-refractivity contribution is 0.0221. The summed E-state index contributed by atoms with van der Waals surface area (Å²) in [4.78, 5) is 14.2. The molecule has 0 aliphatic rings. The van der Waals surface area contributed by atoms with Gasteiger partial charge < -0.3 is 9.64 Å². The van der Waals surface area contributed by atoms with Crippen molar-refractivity contribution in [2.75, 3.05) is 7.05 Å². The fraction of sp³-hybridized carbons (Fsp3) is 0.318. The van der Waals surface area contributed by atoms with Crippen molar-refractivity contribution in [3.63, 3.8) is 0 Å². The quantitative estimate of drug-likeness (QED) is 0.700. The average Bonchev–Trinajstić information content (AvgIpc) is 2.58. The minimum atomic E-state index is -0.507. The Balaban J connectivity index is 2.16. The molecule has 1 amide bonds. The van der Waals surface area contributed by atoms with Crippen molar-refractivity contribution < 1.29 is 9.53 Å². The first-order valence-corrected chi connectivity index (χ1v) is 8.59. The second kappa shape index (κ2) is 8.52. The van der Waals surface area contributed by atoms with Crippen molar-refractivity contribution in [2.24, 2.45) is 0 Å². The molecular formula is C22H27NO2. The van der Waals surface area contributed by atoms with Crippen LogP contribution in [-0.2, 0) is 4.74 Å². The fourth-order valence-electron chi connectivity index (χ4n) is 2.55. The van der Waals surface area contributed by atoms with E-state index < -0.39 is 5.60 Å². The summed E-state index contributed by atoms with van der Waals surface area (Å²) >= 11 is 0. The molecule has 0 aliphatic carbocycles. The lowest BCUT2D eigenvalue weighted by Crippen LogP contribution is -2.36. The van der Waals surface area contributed by atoms with Crippen LogP contribution in [0.4, 0.5) is 4.79 Å². The van der Waals surface area contributed by atoms with Crippen LogP contribution in [0.25, 0.3) is 6.08 Å². The summed E-state index contributed by atoms with van der Waals surface area (Å²) < 4.78 is 5.53. The molecule has 0 saturated carbocycles. The second-order valence-corrected chi connectivity index (χ2v) is 7.07. The molecule has 0 heterocycles. The summed E-state index contributed by atoms with van der Waals surface area (Å²) in [7, 11) is 1.79. The van der Waals surface area contributed by atoms with Gasteiger partial charge >= 0.3 is 6.09 Å². The highest BCUT2D eigenvalue weighted by molar-refractivity contribution is 5.68. The van der Waals surface area contributed by atoms with E-state index in [1.54, 1.807) is 11.9 Å². The van der Waals surface area contributed by atoms with Gasteiger partial charge in [-0.2, -0.15) is 0 Å². The van der Waals surface area contributed by atoms with Crippen molar-refractivity contribution in [2.45, 2.75) is 38.8 Å². The summed E-state index contributed by atoms with van der Waals surface area (Å²) in [5, 5.41) is 0. The van der Waals surface area contributed by atoms with E-state index in [1.807, 2.05) is 69.3 Å². The molecule has 2 aromatic carbocycles. The molecule has 0 saturated heterocycles. The zero-order valence-corrected chi connectivity index (χ0v) is 15.5. The molecule has 0 bridgehead atoms. The zero-order valence-electron chi connectivity index (χ0n) is 15.5. The largest absolute Gasteiger partial charge is 0.444 e. The first-order valence-electron chi connectivity index (χ1n) is 8.59. The Morgan fingerprint density at radius 2 is 1.60 bits per heavy atom. The topological polar surface area (TPSA) is 29.5 Å². The van der Waals surface area contributed by atoms with Crippen molar-refractivity contribution in [1.82, 2.24) is 4.90 Å². The fourth-order valence-corrected chi connectivity index (χ4v) is 2.55. The van der Waals surface area contributed by atoms with E-state index in [0.29, 0.717) is 6.42 Å². The number of amides is 1. The Hall–Kier alpha value is -2.55. The van der Waals surface area contributed by atoms with E-state index in [4.69, 9.17) is 4.74 Å². The van der Waals surface area contributed by atoms with Crippen LogP contribution in [-0.4, -0.2) is 23.6 Å². The molecule has 0 radical (unpaired) electrons.